The molecule has 1 N–H and O–H groups in total. The topological polar surface area (TPSA) is 33.1 Å². The minimum atomic E-state index is 0.0847. The SMILES string of the molecule is Cc1cc(C=CCO)ccn1. The number of aliphatic hydroxyl groups is 1. The molecule has 2 heteroatoms. The number of nitrogens with zero attached hydrogens (tertiary/aromatic N) is 1. The Morgan fingerprint density at radius 2 is 2.45 bits per heavy atom. The van der Waals surface area contributed by atoms with Crippen LogP contribution in [0, 0.1) is 6.92 Å². The lowest BCUT2D eigenvalue weighted by molar-refractivity contribution is 0.343. The van der Waals surface area contributed by atoms with Gasteiger partial charge in [0.2, 0.25) is 0 Å². The predicted molar refractivity (Wildman–Crippen MR) is 45.1 cm³/mol. The zero-order valence-corrected chi connectivity index (χ0v) is 6.49. The Kier molecular flexibility index (Phi) is 2.81. The van der Waals surface area contributed by atoms with E-state index in [2.05, 4.69) is 4.98 Å². The molecule has 0 aliphatic heterocycles. The number of hydrogen-bond donors (Lipinski definition) is 1. The van der Waals surface area contributed by atoms with Crippen molar-refractivity contribution in [3.8, 4) is 0 Å². The van der Waals surface area contributed by atoms with Crippen LogP contribution in [0.4, 0.5) is 0 Å². The van der Waals surface area contributed by atoms with Gasteiger partial charge in [-0.05, 0) is 24.6 Å². The van der Waals surface area contributed by atoms with E-state index in [9.17, 15) is 0 Å². The van der Waals surface area contributed by atoms with Gasteiger partial charge in [0, 0.05) is 11.9 Å². The van der Waals surface area contributed by atoms with Gasteiger partial charge in [0.25, 0.3) is 0 Å². The number of hydrogen-bond acceptors (Lipinski definition) is 2. The van der Waals surface area contributed by atoms with Gasteiger partial charge in [0.05, 0.1) is 6.61 Å². The van der Waals surface area contributed by atoms with E-state index in [-0.39, 0.29) is 6.61 Å². The van der Waals surface area contributed by atoms with Crippen LogP contribution in [0.2, 0.25) is 0 Å². The van der Waals surface area contributed by atoms with Crippen LogP contribution in [0.3, 0.4) is 0 Å². The van der Waals surface area contributed by atoms with Crippen LogP contribution < -0.4 is 0 Å². The Bertz CT molecular complexity index is 255. The average molecular weight is 149 g/mol. The van der Waals surface area contributed by atoms with Gasteiger partial charge >= 0.3 is 0 Å². The molecule has 0 aromatic carbocycles. The Morgan fingerprint density at radius 3 is 3.09 bits per heavy atom. The molecule has 1 heterocycles. The first kappa shape index (κ1) is 7.95. The fraction of sp³-hybridized carbons (Fsp3) is 0.222. The van der Waals surface area contributed by atoms with Crippen molar-refractivity contribution in [3.63, 3.8) is 0 Å². The Hall–Kier alpha value is -1.15. The standard InChI is InChI=1S/C9H11NO/c1-8-7-9(3-2-6-11)4-5-10-8/h2-5,7,11H,6H2,1H3. The maximum absolute atomic E-state index is 8.49. The fourth-order valence-electron chi connectivity index (χ4n) is 0.860. The molecule has 0 aliphatic rings. The molecule has 0 fully saturated rings. The summed E-state index contributed by atoms with van der Waals surface area (Å²) in [7, 11) is 0. The van der Waals surface area contributed by atoms with E-state index in [1.54, 1.807) is 12.3 Å². The first-order valence-electron chi connectivity index (χ1n) is 3.53. The molecule has 0 amide bonds. The Morgan fingerprint density at radius 1 is 1.64 bits per heavy atom. The molecule has 0 radical (unpaired) electrons. The summed E-state index contributed by atoms with van der Waals surface area (Å²) in [5.41, 5.74) is 2.07. The molecule has 0 aliphatic carbocycles. The third-order valence-corrected chi connectivity index (χ3v) is 1.34. The van der Waals surface area contributed by atoms with Gasteiger partial charge in [-0.15, -0.1) is 0 Å². The maximum Gasteiger partial charge on any atom is 0.0615 e. The third kappa shape index (κ3) is 2.51. The van der Waals surface area contributed by atoms with Crippen LogP contribution in [0.1, 0.15) is 11.3 Å². The molecule has 1 aromatic heterocycles. The summed E-state index contributed by atoms with van der Waals surface area (Å²) < 4.78 is 0. The third-order valence-electron chi connectivity index (χ3n) is 1.34. The second-order valence-electron chi connectivity index (χ2n) is 2.32. The maximum atomic E-state index is 8.49. The molecule has 11 heavy (non-hydrogen) atoms. The van der Waals surface area contributed by atoms with E-state index in [4.69, 9.17) is 5.11 Å². The fourth-order valence-corrected chi connectivity index (χ4v) is 0.860. The summed E-state index contributed by atoms with van der Waals surface area (Å²) in [5, 5.41) is 8.49. The lowest BCUT2D eigenvalue weighted by Gasteiger charge is -1.93. The van der Waals surface area contributed by atoms with Crippen molar-refractivity contribution in [3.05, 3.63) is 35.7 Å². The van der Waals surface area contributed by atoms with Gasteiger partial charge in [-0.2, -0.15) is 0 Å². The van der Waals surface area contributed by atoms with Crippen LogP contribution in [0.15, 0.2) is 24.4 Å². The van der Waals surface area contributed by atoms with E-state index >= 15 is 0 Å². The van der Waals surface area contributed by atoms with Gasteiger partial charge in [0.15, 0.2) is 0 Å². The second-order valence-corrected chi connectivity index (χ2v) is 2.32. The monoisotopic (exact) mass is 149 g/mol. The zero-order chi connectivity index (χ0) is 8.10. The largest absolute Gasteiger partial charge is 0.392 e. The van der Waals surface area contributed by atoms with E-state index in [0.717, 1.165) is 11.3 Å². The molecule has 1 aromatic rings. The molecule has 0 saturated heterocycles. The van der Waals surface area contributed by atoms with E-state index in [1.807, 2.05) is 25.1 Å². The molecule has 0 saturated carbocycles. The molecule has 0 unspecified atom stereocenters. The average Bonchev–Trinajstić information content (AvgIpc) is 2.01. The van der Waals surface area contributed by atoms with Gasteiger partial charge in [-0.25, -0.2) is 0 Å². The van der Waals surface area contributed by atoms with Crippen LogP contribution in [0.5, 0.6) is 0 Å². The molecule has 0 spiro atoms. The molecule has 1 rings (SSSR count). The summed E-state index contributed by atoms with van der Waals surface area (Å²) in [4.78, 5) is 4.05. The van der Waals surface area contributed by atoms with Crippen molar-refractivity contribution in [1.82, 2.24) is 4.98 Å². The minimum Gasteiger partial charge on any atom is -0.392 e. The van der Waals surface area contributed by atoms with Crippen molar-refractivity contribution in [2.45, 2.75) is 6.92 Å². The highest BCUT2D eigenvalue weighted by atomic mass is 16.2. The lowest BCUT2D eigenvalue weighted by atomic mass is 10.2. The van der Waals surface area contributed by atoms with E-state index < -0.39 is 0 Å². The van der Waals surface area contributed by atoms with Crippen molar-refractivity contribution < 1.29 is 5.11 Å². The van der Waals surface area contributed by atoms with Crippen LogP contribution in [-0.2, 0) is 0 Å². The summed E-state index contributed by atoms with van der Waals surface area (Å²) in [6.45, 7) is 2.03. The predicted octanol–water partition coefficient (Wildman–Crippen LogP) is 1.40. The molecular formula is C9H11NO. The minimum absolute atomic E-state index is 0.0847. The van der Waals surface area contributed by atoms with Gasteiger partial charge in [-0.3, -0.25) is 4.98 Å². The highest BCUT2D eigenvalue weighted by Crippen LogP contribution is 2.02. The quantitative estimate of drug-likeness (QED) is 0.689. The number of aliphatic hydroxyl groups excluding tert-OH is 1. The van der Waals surface area contributed by atoms with Gasteiger partial charge in [0.1, 0.15) is 0 Å². The molecule has 2 nitrogen and oxygen atoms in total. The van der Waals surface area contributed by atoms with E-state index in [0.29, 0.717) is 0 Å². The van der Waals surface area contributed by atoms with Gasteiger partial charge in [-0.1, -0.05) is 12.2 Å². The summed E-state index contributed by atoms with van der Waals surface area (Å²) in [6, 6.07) is 3.87. The highest BCUT2D eigenvalue weighted by molar-refractivity contribution is 5.48. The van der Waals surface area contributed by atoms with Crippen molar-refractivity contribution in [2.75, 3.05) is 6.61 Å². The van der Waals surface area contributed by atoms with Crippen LogP contribution >= 0.6 is 0 Å². The highest BCUT2D eigenvalue weighted by Gasteiger charge is 1.86. The molecule has 58 valence electrons. The lowest BCUT2D eigenvalue weighted by Crippen LogP contribution is -1.80. The summed E-state index contributed by atoms with van der Waals surface area (Å²) in [5.74, 6) is 0. The number of aryl methyl sites for hydroxylation is 1. The van der Waals surface area contributed by atoms with Crippen molar-refractivity contribution in [1.29, 1.82) is 0 Å². The molecule has 0 atom stereocenters. The van der Waals surface area contributed by atoms with E-state index in [1.165, 1.54) is 0 Å². The molecule has 0 bridgehead atoms. The number of rotatable bonds is 2. The van der Waals surface area contributed by atoms with Crippen LogP contribution in [-0.4, -0.2) is 16.7 Å². The summed E-state index contributed by atoms with van der Waals surface area (Å²) in [6.07, 6.45) is 5.33. The molecular weight excluding hydrogens is 138 g/mol. The van der Waals surface area contributed by atoms with Gasteiger partial charge < -0.3 is 5.11 Å². The van der Waals surface area contributed by atoms with Crippen molar-refractivity contribution in [2.24, 2.45) is 0 Å². The summed E-state index contributed by atoms with van der Waals surface area (Å²) >= 11 is 0. The number of pyridine rings is 1. The Labute approximate surface area is 66.2 Å². The zero-order valence-electron chi connectivity index (χ0n) is 6.49. The number of aromatic nitrogens is 1. The van der Waals surface area contributed by atoms with Crippen molar-refractivity contribution >= 4 is 6.08 Å². The smallest absolute Gasteiger partial charge is 0.0615 e. The first-order valence-corrected chi connectivity index (χ1v) is 3.53. The Balaban J connectivity index is 2.79. The van der Waals surface area contributed by atoms with Crippen LogP contribution in [0.25, 0.3) is 6.08 Å². The first-order chi connectivity index (χ1) is 5.33. The normalized spacial score (nSPS) is 10.7. The second kappa shape index (κ2) is 3.88.